The van der Waals surface area contributed by atoms with Crippen molar-refractivity contribution < 1.29 is 18.3 Å². The van der Waals surface area contributed by atoms with Gasteiger partial charge in [0.2, 0.25) is 5.91 Å². The number of aliphatic hydroxyl groups is 1. The monoisotopic (exact) mass is 353 g/mol. The zero-order chi connectivity index (χ0) is 17.3. The SMILES string of the molecule is Cc1ccc(NC(=O)C2CCN([C@@H]3CS(=O)(=O)C[C@H]3O)CC2)nc1. The Labute approximate surface area is 142 Å². The van der Waals surface area contributed by atoms with Crippen LogP contribution in [0.3, 0.4) is 0 Å². The molecule has 1 amide bonds. The molecule has 2 aliphatic heterocycles. The number of aliphatic hydroxyl groups excluding tert-OH is 1. The van der Waals surface area contributed by atoms with E-state index in [-0.39, 0.29) is 29.4 Å². The van der Waals surface area contributed by atoms with Crippen molar-refractivity contribution in [1.29, 1.82) is 0 Å². The van der Waals surface area contributed by atoms with Crippen LogP contribution in [-0.4, -0.2) is 66.1 Å². The summed E-state index contributed by atoms with van der Waals surface area (Å²) in [4.78, 5) is 18.5. The highest BCUT2D eigenvalue weighted by atomic mass is 32.2. The quantitative estimate of drug-likeness (QED) is 0.805. The predicted molar refractivity (Wildman–Crippen MR) is 90.3 cm³/mol. The number of piperidine rings is 1. The van der Waals surface area contributed by atoms with Crippen LogP contribution in [0.5, 0.6) is 0 Å². The molecule has 2 aliphatic rings. The van der Waals surface area contributed by atoms with Crippen LogP contribution >= 0.6 is 0 Å². The van der Waals surface area contributed by atoms with Crippen LogP contribution < -0.4 is 5.32 Å². The minimum atomic E-state index is -3.15. The molecule has 0 bridgehead atoms. The third-order valence-corrected chi connectivity index (χ3v) is 6.52. The molecule has 0 aromatic carbocycles. The number of nitrogens with zero attached hydrogens (tertiary/aromatic N) is 2. The fraction of sp³-hybridized carbons (Fsp3) is 0.625. The second kappa shape index (κ2) is 6.78. The Morgan fingerprint density at radius 1 is 1.29 bits per heavy atom. The van der Waals surface area contributed by atoms with E-state index in [1.165, 1.54) is 0 Å². The first-order valence-corrected chi connectivity index (χ1v) is 10.0. The molecule has 0 saturated carbocycles. The molecule has 0 radical (unpaired) electrons. The summed E-state index contributed by atoms with van der Waals surface area (Å²) in [7, 11) is -3.15. The number of rotatable bonds is 3. The zero-order valence-electron chi connectivity index (χ0n) is 13.7. The molecule has 1 aromatic heterocycles. The van der Waals surface area contributed by atoms with E-state index in [0.717, 1.165) is 5.56 Å². The summed E-state index contributed by atoms with van der Waals surface area (Å²) in [6, 6.07) is 3.34. The molecule has 2 N–H and O–H groups in total. The molecule has 0 spiro atoms. The van der Waals surface area contributed by atoms with Gasteiger partial charge in [-0.15, -0.1) is 0 Å². The highest BCUT2D eigenvalue weighted by Gasteiger charge is 2.41. The summed E-state index contributed by atoms with van der Waals surface area (Å²) in [5, 5.41) is 12.8. The molecule has 7 nitrogen and oxygen atoms in total. The van der Waals surface area contributed by atoms with Crippen molar-refractivity contribution in [3.8, 4) is 0 Å². The van der Waals surface area contributed by atoms with Gasteiger partial charge in [-0.25, -0.2) is 13.4 Å². The van der Waals surface area contributed by atoms with Gasteiger partial charge in [0.15, 0.2) is 9.84 Å². The lowest BCUT2D eigenvalue weighted by Crippen LogP contribution is -2.48. The lowest BCUT2D eigenvalue weighted by molar-refractivity contribution is -0.121. The minimum Gasteiger partial charge on any atom is -0.390 e. The summed E-state index contributed by atoms with van der Waals surface area (Å²) in [6.45, 7) is 3.18. The maximum atomic E-state index is 12.3. The highest BCUT2D eigenvalue weighted by molar-refractivity contribution is 7.91. The molecule has 132 valence electrons. The van der Waals surface area contributed by atoms with Gasteiger partial charge < -0.3 is 10.4 Å². The number of carbonyl (C=O) groups is 1. The average Bonchev–Trinajstić information content (AvgIpc) is 2.82. The molecule has 8 heteroatoms. The summed E-state index contributed by atoms with van der Waals surface area (Å²) in [5.41, 5.74) is 1.03. The summed E-state index contributed by atoms with van der Waals surface area (Å²) < 4.78 is 23.3. The maximum absolute atomic E-state index is 12.3. The van der Waals surface area contributed by atoms with Gasteiger partial charge in [0, 0.05) is 12.1 Å². The molecule has 3 rings (SSSR count). The van der Waals surface area contributed by atoms with Crippen molar-refractivity contribution in [3.05, 3.63) is 23.9 Å². The van der Waals surface area contributed by atoms with Crippen LogP contribution in [0.15, 0.2) is 18.3 Å². The number of carbonyl (C=O) groups excluding carboxylic acids is 1. The van der Waals surface area contributed by atoms with Crippen molar-refractivity contribution in [2.24, 2.45) is 5.92 Å². The van der Waals surface area contributed by atoms with E-state index in [9.17, 15) is 18.3 Å². The standard InChI is InChI=1S/C16H23N3O4S/c1-11-2-3-15(17-8-11)18-16(21)12-4-6-19(7-5-12)13-9-24(22,23)10-14(13)20/h2-3,8,12-14,20H,4-7,9-10H2,1H3,(H,17,18,21)/t13-,14-/m1/s1. The Bertz CT molecular complexity index is 697. The first-order chi connectivity index (χ1) is 11.3. The number of anilines is 1. The Balaban J connectivity index is 1.53. The molecule has 0 unspecified atom stereocenters. The molecule has 2 saturated heterocycles. The molecule has 1 aromatic rings. The topological polar surface area (TPSA) is 99.6 Å². The molecule has 0 aliphatic carbocycles. The lowest BCUT2D eigenvalue weighted by Gasteiger charge is -2.36. The number of hydrogen-bond donors (Lipinski definition) is 2. The first kappa shape index (κ1) is 17.3. The zero-order valence-corrected chi connectivity index (χ0v) is 14.5. The van der Waals surface area contributed by atoms with E-state index in [0.29, 0.717) is 31.7 Å². The van der Waals surface area contributed by atoms with Gasteiger partial charge in [0.1, 0.15) is 5.82 Å². The first-order valence-electron chi connectivity index (χ1n) is 8.20. The number of aryl methyl sites for hydroxylation is 1. The molecular weight excluding hydrogens is 330 g/mol. The highest BCUT2D eigenvalue weighted by Crippen LogP contribution is 2.25. The summed E-state index contributed by atoms with van der Waals surface area (Å²) >= 11 is 0. The summed E-state index contributed by atoms with van der Waals surface area (Å²) in [6.07, 6.45) is 2.19. The van der Waals surface area contributed by atoms with Crippen molar-refractivity contribution in [2.75, 3.05) is 29.9 Å². The van der Waals surface area contributed by atoms with E-state index in [4.69, 9.17) is 0 Å². The number of pyridine rings is 1. The molecule has 3 heterocycles. The number of hydrogen-bond acceptors (Lipinski definition) is 6. The molecule has 2 atom stereocenters. The normalized spacial score (nSPS) is 27.9. The fourth-order valence-electron chi connectivity index (χ4n) is 3.42. The Kier molecular flexibility index (Phi) is 4.89. The van der Waals surface area contributed by atoms with Gasteiger partial charge in [0.05, 0.1) is 23.7 Å². The third-order valence-electron chi connectivity index (χ3n) is 4.83. The van der Waals surface area contributed by atoms with E-state index in [2.05, 4.69) is 10.3 Å². The lowest BCUT2D eigenvalue weighted by atomic mass is 9.94. The molecular formula is C16H23N3O4S. The Morgan fingerprint density at radius 3 is 2.54 bits per heavy atom. The Morgan fingerprint density at radius 2 is 2.00 bits per heavy atom. The van der Waals surface area contributed by atoms with Crippen molar-refractivity contribution >= 4 is 21.6 Å². The van der Waals surface area contributed by atoms with Gasteiger partial charge in [-0.05, 0) is 44.5 Å². The third kappa shape index (κ3) is 3.93. The summed E-state index contributed by atoms with van der Waals surface area (Å²) in [5.74, 6) is 0.241. The van der Waals surface area contributed by atoms with E-state index >= 15 is 0 Å². The Hall–Kier alpha value is -1.51. The fourth-order valence-corrected chi connectivity index (χ4v) is 5.25. The van der Waals surface area contributed by atoms with Crippen LogP contribution in [0.1, 0.15) is 18.4 Å². The number of sulfone groups is 1. The van der Waals surface area contributed by atoms with Gasteiger partial charge in [-0.1, -0.05) is 6.07 Å². The van der Waals surface area contributed by atoms with Crippen LogP contribution in [-0.2, 0) is 14.6 Å². The maximum Gasteiger partial charge on any atom is 0.228 e. The van der Waals surface area contributed by atoms with E-state index < -0.39 is 15.9 Å². The number of amides is 1. The smallest absolute Gasteiger partial charge is 0.228 e. The van der Waals surface area contributed by atoms with Crippen LogP contribution in [0, 0.1) is 12.8 Å². The largest absolute Gasteiger partial charge is 0.390 e. The van der Waals surface area contributed by atoms with Gasteiger partial charge in [-0.3, -0.25) is 9.69 Å². The molecule has 2 fully saturated rings. The minimum absolute atomic E-state index is 0.0122. The van der Waals surface area contributed by atoms with E-state index in [1.54, 1.807) is 12.3 Å². The number of likely N-dealkylation sites (tertiary alicyclic amines) is 1. The van der Waals surface area contributed by atoms with E-state index in [1.807, 2.05) is 17.9 Å². The van der Waals surface area contributed by atoms with Gasteiger partial charge in [-0.2, -0.15) is 0 Å². The number of aromatic nitrogens is 1. The predicted octanol–water partition coefficient (Wildman–Crippen LogP) is 0.198. The molecule has 24 heavy (non-hydrogen) atoms. The average molecular weight is 353 g/mol. The second-order valence-corrected chi connectivity index (χ2v) is 8.89. The van der Waals surface area contributed by atoms with Gasteiger partial charge >= 0.3 is 0 Å². The van der Waals surface area contributed by atoms with Crippen molar-refractivity contribution in [1.82, 2.24) is 9.88 Å². The van der Waals surface area contributed by atoms with Gasteiger partial charge in [0.25, 0.3) is 0 Å². The van der Waals surface area contributed by atoms with Crippen LogP contribution in [0.2, 0.25) is 0 Å². The van der Waals surface area contributed by atoms with Crippen molar-refractivity contribution in [2.45, 2.75) is 31.9 Å². The second-order valence-electron chi connectivity index (χ2n) is 6.73. The van der Waals surface area contributed by atoms with Crippen LogP contribution in [0.25, 0.3) is 0 Å². The van der Waals surface area contributed by atoms with Crippen molar-refractivity contribution in [3.63, 3.8) is 0 Å². The van der Waals surface area contributed by atoms with Crippen LogP contribution in [0.4, 0.5) is 5.82 Å². The number of nitrogens with one attached hydrogen (secondary N) is 1.